The van der Waals surface area contributed by atoms with Crippen LogP contribution in [-0.2, 0) is 11.2 Å². The Balaban J connectivity index is 1.70. The lowest BCUT2D eigenvalue weighted by Gasteiger charge is -2.39. The van der Waals surface area contributed by atoms with Gasteiger partial charge in [0.05, 0.1) is 5.41 Å². The number of carbonyl (C=O) groups is 2. The third kappa shape index (κ3) is 3.73. The summed E-state index contributed by atoms with van der Waals surface area (Å²) >= 11 is 0. The Bertz CT molecular complexity index is 756. The van der Waals surface area contributed by atoms with Crippen molar-refractivity contribution in [2.24, 2.45) is 5.41 Å². The second-order valence-corrected chi connectivity index (χ2v) is 6.84. The van der Waals surface area contributed by atoms with Gasteiger partial charge in [0.2, 0.25) is 5.91 Å². The molecule has 132 valence electrons. The van der Waals surface area contributed by atoms with Crippen LogP contribution >= 0.6 is 0 Å². The highest BCUT2D eigenvalue weighted by molar-refractivity contribution is 5.97. The number of aromatic nitrogens is 2. The van der Waals surface area contributed by atoms with Crippen LogP contribution in [0.3, 0.4) is 0 Å². The molecule has 0 radical (unpaired) electrons. The second-order valence-electron chi connectivity index (χ2n) is 6.84. The number of rotatable bonds is 4. The molecular weight excluding hydrogens is 316 g/mol. The average Bonchev–Trinajstić information content (AvgIpc) is 3.09. The monoisotopic (exact) mass is 340 g/mol. The van der Waals surface area contributed by atoms with Crippen molar-refractivity contribution >= 4 is 17.6 Å². The standard InChI is InChI=1S/C19H24N4O2/c1-3-15-12-16(22-21-15)20-18(25)19(2)10-7-11-23(13-19)17(24)14-8-5-4-6-9-14/h4-6,8-9,12H,3,7,10-11,13H2,1-2H3,(H2,20,21,22,25). The number of aryl methyl sites for hydroxylation is 1. The zero-order chi connectivity index (χ0) is 17.9. The van der Waals surface area contributed by atoms with Gasteiger partial charge < -0.3 is 10.2 Å². The molecule has 0 saturated carbocycles. The highest BCUT2D eigenvalue weighted by Crippen LogP contribution is 2.31. The fourth-order valence-corrected chi connectivity index (χ4v) is 3.24. The van der Waals surface area contributed by atoms with E-state index >= 15 is 0 Å². The van der Waals surface area contributed by atoms with E-state index in [1.165, 1.54) is 0 Å². The molecule has 2 N–H and O–H groups in total. The molecule has 2 aromatic rings. The molecule has 0 aliphatic carbocycles. The lowest BCUT2D eigenvalue weighted by atomic mass is 9.80. The van der Waals surface area contributed by atoms with E-state index in [4.69, 9.17) is 0 Å². The van der Waals surface area contributed by atoms with Crippen LogP contribution in [0, 0.1) is 5.41 Å². The zero-order valence-corrected chi connectivity index (χ0v) is 14.7. The minimum Gasteiger partial charge on any atom is -0.338 e. The summed E-state index contributed by atoms with van der Waals surface area (Å²) in [6.07, 6.45) is 2.39. The molecule has 1 unspecified atom stereocenters. The maximum atomic E-state index is 12.8. The molecule has 1 saturated heterocycles. The average molecular weight is 340 g/mol. The number of nitrogens with one attached hydrogen (secondary N) is 2. The molecule has 0 bridgehead atoms. The molecule has 1 aromatic carbocycles. The molecule has 2 amide bonds. The zero-order valence-electron chi connectivity index (χ0n) is 14.7. The van der Waals surface area contributed by atoms with E-state index in [-0.39, 0.29) is 11.8 Å². The molecule has 1 aromatic heterocycles. The largest absolute Gasteiger partial charge is 0.338 e. The molecule has 6 heteroatoms. The molecule has 3 rings (SSSR count). The molecule has 6 nitrogen and oxygen atoms in total. The van der Waals surface area contributed by atoms with Crippen LogP contribution in [0.1, 0.15) is 42.7 Å². The van der Waals surface area contributed by atoms with Crippen molar-refractivity contribution in [1.29, 1.82) is 0 Å². The van der Waals surface area contributed by atoms with Crippen molar-refractivity contribution in [1.82, 2.24) is 15.1 Å². The Kier molecular flexibility index (Phi) is 4.88. The van der Waals surface area contributed by atoms with Gasteiger partial charge in [0.25, 0.3) is 5.91 Å². The number of nitrogens with zero attached hydrogens (tertiary/aromatic N) is 2. The van der Waals surface area contributed by atoms with E-state index < -0.39 is 5.41 Å². The van der Waals surface area contributed by atoms with Crippen LogP contribution < -0.4 is 5.32 Å². The van der Waals surface area contributed by atoms with Gasteiger partial charge in [-0.05, 0) is 38.3 Å². The fourth-order valence-electron chi connectivity index (χ4n) is 3.24. The molecular formula is C19H24N4O2. The lowest BCUT2D eigenvalue weighted by molar-refractivity contribution is -0.127. The number of hydrogen-bond donors (Lipinski definition) is 2. The summed E-state index contributed by atoms with van der Waals surface area (Å²) in [7, 11) is 0. The summed E-state index contributed by atoms with van der Waals surface area (Å²) in [6, 6.07) is 11.1. The van der Waals surface area contributed by atoms with Gasteiger partial charge >= 0.3 is 0 Å². The van der Waals surface area contributed by atoms with Crippen molar-refractivity contribution in [3.63, 3.8) is 0 Å². The third-order valence-corrected chi connectivity index (χ3v) is 4.81. The number of carbonyl (C=O) groups excluding carboxylic acids is 2. The van der Waals surface area contributed by atoms with Crippen LogP contribution in [-0.4, -0.2) is 40.0 Å². The van der Waals surface area contributed by atoms with Gasteiger partial charge in [-0.3, -0.25) is 14.7 Å². The van der Waals surface area contributed by atoms with Gasteiger partial charge in [0.15, 0.2) is 5.82 Å². The minimum absolute atomic E-state index is 0.0210. The number of benzene rings is 1. The molecule has 0 spiro atoms. The first-order valence-electron chi connectivity index (χ1n) is 8.72. The molecule has 25 heavy (non-hydrogen) atoms. The molecule has 1 fully saturated rings. The van der Waals surface area contributed by atoms with Crippen molar-refractivity contribution in [3.8, 4) is 0 Å². The number of aromatic amines is 1. The summed E-state index contributed by atoms with van der Waals surface area (Å²) in [5.41, 5.74) is 1.02. The maximum absolute atomic E-state index is 12.8. The van der Waals surface area contributed by atoms with Crippen LogP contribution in [0.25, 0.3) is 0 Å². The van der Waals surface area contributed by atoms with E-state index in [0.717, 1.165) is 25.0 Å². The summed E-state index contributed by atoms with van der Waals surface area (Å²) in [5, 5.41) is 9.90. The summed E-state index contributed by atoms with van der Waals surface area (Å²) in [5.74, 6) is 0.425. The fraction of sp³-hybridized carbons (Fsp3) is 0.421. The third-order valence-electron chi connectivity index (χ3n) is 4.81. The van der Waals surface area contributed by atoms with Crippen LogP contribution in [0.4, 0.5) is 5.82 Å². The Hall–Kier alpha value is -2.63. The summed E-state index contributed by atoms with van der Waals surface area (Å²) < 4.78 is 0. The number of piperidine rings is 1. The maximum Gasteiger partial charge on any atom is 0.253 e. The van der Waals surface area contributed by atoms with Crippen molar-refractivity contribution in [2.75, 3.05) is 18.4 Å². The minimum atomic E-state index is -0.617. The number of hydrogen-bond acceptors (Lipinski definition) is 3. The normalized spacial score (nSPS) is 20.3. The SMILES string of the molecule is CCc1cc(NC(=O)C2(C)CCCN(C(=O)c3ccccc3)C2)n[nH]1. The van der Waals surface area contributed by atoms with Crippen LogP contribution in [0.15, 0.2) is 36.4 Å². The highest BCUT2D eigenvalue weighted by atomic mass is 16.2. The number of likely N-dealkylation sites (tertiary alicyclic amines) is 1. The quantitative estimate of drug-likeness (QED) is 0.898. The van der Waals surface area contributed by atoms with Gasteiger partial charge in [-0.25, -0.2) is 0 Å². The Morgan fingerprint density at radius 2 is 2.08 bits per heavy atom. The van der Waals surface area contributed by atoms with Crippen LogP contribution in [0.5, 0.6) is 0 Å². The topological polar surface area (TPSA) is 78.1 Å². The first-order chi connectivity index (χ1) is 12.0. The predicted octanol–water partition coefficient (Wildman–Crippen LogP) is 2.85. The lowest BCUT2D eigenvalue weighted by Crippen LogP contribution is -2.50. The van der Waals surface area contributed by atoms with Crippen molar-refractivity contribution in [3.05, 3.63) is 47.7 Å². The summed E-state index contributed by atoms with van der Waals surface area (Å²) in [6.45, 7) is 5.03. The first kappa shape index (κ1) is 17.2. The second kappa shape index (κ2) is 7.09. The van der Waals surface area contributed by atoms with Crippen molar-refractivity contribution < 1.29 is 9.59 Å². The molecule has 1 aliphatic rings. The van der Waals surface area contributed by atoms with E-state index in [9.17, 15) is 9.59 Å². The Labute approximate surface area is 147 Å². The smallest absolute Gasteiger partial charge is 0.253 e. The number of anilines is 1. The molecule has 1 aliphatic heterocycles. The van der Waals surface area contributed by atoms with Crippen LogP contribution in [0.2, 0.25) is 0 Å². The number of H-pyrrole nitrogens is 1. The van der Waals surface area contributed by atoms with Gasteiger partial charge in [-0.2, -0.15) is 5.10 Å². The summed E-state index contributed by atoms with van der Waals surface area (Å²) in [4.78, 5) is 27.3. The highest BCUT2D eigenvalue weighted by Gasteiger charge is 2.39. The Morgan fingerprint density at radius 1 is 1.32 bits per heavy atom. The van der Waals surface area contributed by atoms with Crippen molar-refractivity contribution in [2.45, 2.75) is 33.1 Å². The Morgan fingerprint density at radius 3 is 2.76 bits per heavy atom. The van der Waals surface area contributed by atoms with E-state index in [0.29, 0.717) is 24.5 Å². The van der Waals surface area contributed by atoms with Gasteiger partial charge in [0, 0.05) is 30.4 Å². The van der Waals surface area contributed by atoms with Gasteiger partial charge in [-0.15, -0.1) is 0 Å². The first-order valence-corrected chi connectivity index (χ1v) is 8.72. The van der Waals surface area contributed by atoms with Gasteiger partial charge in [-0.1, -0.05) is 25.1 Å². The van der Waals surface area contributed by atoms with E-state index in [1.54, 1.807) is 4.90 Å². The van der Waals surface area contributed by atoms with E-state index in [2.05, 4.69) is 15.5 Å². The molecule has 2 heterocycles. The van der Waals surface area contributed by atoms with E-state index in [1.807, 2.05) is 50.2 Å². The molecule has 1 atom stereocenters. The van der Waals surface area contributed by atoms with Gasteiger partial charge in [0.1, 0.15) is 0 Å². The predicted molar refractivity (Wildman–Crippen MR) is 96.3 cm³/mol. The number of amides is 2.